The van der Waals surface area contributed by atoms with Gasteiger partial charge >= 0.3 is 5.97 Å². The molecule has 1 aromatic heterocycles. The number of ether oxygens (including phenoxy) is 1. The van der Waals surface area contributed by atoms with E-state index in [0.717, 1.165) is 16.3 Å². The molecule has 1 aromatic carbocycles. The van der Waals surface area contributed by atoms with Crippen LogP contribution >= 0.6 is 0 Å². The second-order valence-corrected chi connectivity index (χ2v) is 3.57. The fraction of sp³-hybridized carbons (Fsp3) is 0.143. The van der Waals surface area contributed by atoms with E-state index in [0.29, 0.717) is 6.61 Å². The number of benzene rings is 1. The van der Waals surface area contributed by atoms with Crippen molar-refractivity contribution >= 4 is 22.8 Å². The lowest BCUT2D eigenvalue weighted by molar-refractivity contribution is -0.137. The van der Waals surface area contributed by atoms with Crippen LogP contribution in [0.1, 0.15) is 12.5 Å². The van der Waals surface area contributed by atoms with Gasteiger partial charge in [0, 0.05) is 23.9 Å². The van der Waals surface area contributed by atoms with Crippen LogP contribution < -0.4 is 0 Å². The number of aromatic nitrogens is 1. The molecule has 2 aromatic rings. The van der Waals surface area contributed by atoms with Crippen molar-refractivity contribution in [1.82, 2.24) is 4.98 Å². The summed E-state index contributed by atoms with van der Waals surface area (Å²) in [5, 5.41) is 2.19. The Balaban J connectivity index is 2.22. The highest BCUT2D eigenvalue weighted by atomic mass is 16.5. The maximum atomic E-state index is 11.2. The van der Waals surface area contributed by atoms with Gasteiger partial charge in [0.1, 0.15) is 0 Å². The van der Waals surface area contributed by atoms with Gasteiger partial charge in [-0.3, -0.25) is 4.98 Å². The van der Waals surface area contributed by atoms with E-state index in [9.17, 15) is 4.79 Å². The number of hydrogen-bond acceptors (Lipinski definition) is 3. The van der Waals surface area contributed by atoms with Crippen LogP contribution in [0.3, 0.4) is 0 Å². The van der Waals surface area contributed by atoms with Crippen LogP contribution in [0.2, 0.25) is 0 Å². The minimum Gasteiger partial charge on any atom is -0.463 e. The van der Waals surface area contributed by atoms with Crippen LogP contribution in [-0.2, 0) is 9.53 Å². The standard InChI is InChI=1S/C14H13NO2/c1-2-17-14(16)6-4-11-3-5-13-10-15-8-7-12(13)9-11/h3-10H,2H2,1H3/b6-4+. The second kappa shape index (κ2) is 5.25. The molecular weight excluding hydrogens is 214 g/mol. The Labute approximate surface area is 99.7 Å². The van der Waals surface area contributed by atoms with Gasteiger partial charge in [0.05, 0.1) is 6.61 Å². The molecule has 3 nitrogen and oxygen atoms in total. The largest absolute Gasteiger partial charge is 0.463 e. The Morgan fingerprint density at radius 1 is 1.35 bits per heavy atom. The van der Waals surface area contributed by atoms with Gasteiger partial charge in [0.25, 0.3) is 0 Å². The minimum absolute atomic E-state index is 0.317. The number of rotatable bonds is 3. The predicted molar refractivity (Wildman–Crippen MR) is 67.4 cm³/mol. The molecule has 17 heavy (non-hydrogen) atoms. The Bertz CT molecular complexity index is 561. The minimum atomic E-state index is -0.317. The first-order valence-corrected chi connectivity index (χ1v) is 5.48. The summed E-state index contributed by atoms with van der Waals surface area (Å²) in [5.74, 6) is -0.317. The lowest BCUT2D eigenvalue weighted by atomic mass is 10.1. The third kappa shape index (κ3) is 2.91. The van der Waals surface area contributed by atoms with E-state index < -0.39 is 0 Å². The second-order valence-electron chi connectivity index (χ2n) is 3.57. The molecule has 0 radical (unpaired) electrons. The Hall–Kier alpha value is -2.16. The van der Waals surface area contributed by atoms with Crippen molar-refractivity contribution < 1.29 is 9.53 Å². The third-order valence-electron chi connectivity index (χ3n) is 2.36. The highest BCUT2D eigenvalue weighted by molar-refractivity contribution is 5.89. The molecule has 0 N–H and O–H groups in total. The quantitative estimate of drug-likeness (QED) is 0.598. The average molecular weight is 227 g/mol. The summed E-state index contributed by atoms with van der Waals surface area (Å²) in [6.07, 6.45) is 6.75. The van der Waals surface area contributed by atoms with Gasteiger partial charge in [-0.2, -0.15) is 0 Å². The molecule has 0 unspecified atom stereocenters. The van der Waals surface area contributed by atoms with Crippen LogP contribution in [0, 0.1) is 0 Å². The molecule has 0 spiro atoms. The summed E-state index contributed by atoms with van der Waals surface area (Å²) >= 11 is 0. The number of carbonyl (C=O) groups excluding carboxylic acids is 1. The van der Waals surface area contributed by atoms with Gasteiger partial charge in [-0.1, -0.05) is 12.1 Å². The summed E-state index contributed by atoms with van der Waals surface area (Å²) in [6, 6.07) is 7.87. The molecule has 0 aliphatic carbocycles. The summed E-state index contributed by atoms with van der Waals surface area (Å²) in [5.41, 5.74) is 0.969. The van der Waals surface area contributed by atoms with E-state index in [2.05, 4.69) is 4.98 Å². The molecular formula is C14H13NO2. The van der Waals surface area contributed by atoms with Crippen LogP contribution in [-0.4, -0.2) is 17.6 Å². The van der Waals surface area contributed by atoms with Crippen LogP contribution in [0.25, 0.3) is 16.8 Å². The van der Waals surface area contributed by atoms with E-state index >= 15 is 0 Å². The van der Waals surface area contributed by atoms with Crippen LogP contribution in [0.15, 0.2) is 42.7 Å². The van der Waals surface area contributed by atoms with Crippen molar-refractivity contribution in [3.8, 4) is 0 Å². The van der Waals surface area contributed by atoms with Gasteiger partial charge in [0.2, 0.25) is 0 Å². The highest BCUT2D eigenvalue weighted by Crippen LogP contribution is 2.15. The maximum absolute atomic E-state index is 11.2. The Kier molecular flexibility index (Phi) is 3.50. The lowest BCUT2D eigenvalue weighted by Crippen LogP contribution is -1.98. The molecule has 0 amide bonds. The van der Waals surface area contributed by atoms with E-state index in [1.54, 1.807) is 19.2 Å². The molecule has 0 aliphatic heterocycles. The van der Waals surface area contributed by atoms with E-state index in [-0.39, 0.29) is 5.97 Å². The summed E-state index contributed by atoms with van der Waals surface area (Å²) in [4.78, 5) is 15.2. The van der Waals surface area contributed by atoms with E-state index in [1.165, 1.54) is 6.08 Å². The molecule has 0 bridgehead atoms. The van der Waals surface area contributed by atoms with Gasteiger partial charge in [-0.05, 0) is 36.1 Å². The SMILES string of the molecule is CCOC(=O)/C=C/c1ccc2cnccc2c1. The first kappa shape index (κ1) is 11.3. The molecule has 0 fully saturated rings. The number of nitrogens with zero attached hydrogens (tertiary/aromatic N) is 1. The molecule has 0 saturated heterocycles. The summed E-state index contributed by atoms with van der Waals surface area (Å²) in [6.45, 7) is 2.18. The summed E-state index contributed by atoms with van der Waals surface area (Å²) < 4.78 is 4.82. The molecule has 3 heteroatoms. The van der Waals surface area contributed by atoms with Crippen molar-refractivity contribution in [3.63, 3.8) is 0 Å². The highest BCUT2D eigenvalue weighted by Gasteiger charge is 1.96. The van der Waals surface area contributed by atoms with Gasteiger partial charge < -0.3 is 4.74 Å². The number of fused-ring (bicyclic) bond motifs is 1. The zero-order valence-electron chi connectivity index (χ0n) is 9.59. The zero-order chi connectivity index (χ0) is 12.1. The lowest BCUT2D eigenvalue weighted by Gasteiger charge is -1.99. The van der Waals surface area contributed by atoms with Gasteiger partial charge in [-0.15, -0.1) is 0 Å². The van der Waals surface area contributed by atoms with Crippen molar-refractivity contribution in [2.75, 3.05) is 6.61 Å². The molecule has 2 rings (SSSR count). The fourth-order valence-electron chi connectivity index (χ4n) is 1.56. The molecule has 0 saturated carbocycles. The van der Waals surface area contributed by atoms with Gasteiger partial charge in [0.15, 0.2) is 0 Å². The van der Waals surface area contributed by atoms with Crippen molar-refractivity contribution in [1.29, 1.82) is 0 Å². The predicted octanol–water partition coefficient (Wildman–Crippen LogP) is 2.81. The van der Waals surface area contributed by atoms with Crippen molar-refractivity contribution in [2.45, 2.75) is 6.92 Å². The van der Waals surface area contributed by atoms with E-state index in [4.69, 9.17) is 4.74 Å². The number of pyridine rings is 1. The zero-order valence-corrected chi connectivity index (χ0v) is 9.59. The number of hydrogen-bond donors (Lipinski definition) is 0. The van der Waals surface area contributed by atoms with E-state index in [1.807, 2.05) is 30.5 Å². The Morgan fingerprint density at radius 3 is 3.06 bits per heavy atom. The molecule has 1 heterocycles. The molecule has 0 atom stereocenters. The Morgan fingerprint density at radius 2 is 2.24 bits per heavy atom. The van der Waals surface area contributed by atoms with Crippen molar-refractivity contribution in [2.24, 2.45) is 0 Å². The molecule has 86 valence electrons. The number of esters is 1. The normalized spacial score (nSPS) is 10.9. The fourth-order valence-corrected chi connectivity index (χ4v) is 1.56. The topological polar surface area (TPSA) is 39.2 Å². The van der Waals surface area contributed by atoms with Crippen LogP contribution in [0.4, 0.5) is 0 Å². The maximum Gasteiger partial charge on any atom is 0.330 e. The van der Waals surface area contributed by atoms with Crippen molar-refractivity contribution in [3.05, 3.63) is 48.3 Å². The summed E-state index contributed by atoms with van der Waals surface area (Å²) in [7, 11) is 0. The monoisotopic (exact) mass is 227 g/mol. The first-order chi connectivity index (χ1) is 8.29. The third-order valence-corrected chi connectivity index (χ3v) is 2.36. The van der Waals surface area contributed by atoms with Crippen LogP contribution in [0.5, 0.6) is 0 Å². The smallest absolute Gasteiger partial charge is 0.330 e. The van der Waals surface area contributed by atoms with Gasteiger partial charge in [-0.25, -0.2) is 4.79 Å². The first-order valence-electron chi connectivity index (χ1n) is 5.48. The average Bonchev–Trinajstić information content (AvgIpc) is 2.36. The molecule has 0 aliphatic rings. The number of carbonyl (C=O) groups is 1.